The van der Waals surface area contributed by atoms with Gasteiger partial charge in [0.1, 0.15) is 0 Å². The molecule has 0 saturated heterocycles. The lowest BCUT2D eigenvalue weighted by atomic mass is 10.3. The normalized spacial score (nSPS) is 10.2. The monoisotopic (exact) mass is 203 g/mol. The topological polar surface area (TPSA) is 29.1 Å². The van der Waals surface area contributed by atoms with E-state index < -0.39 is 0 Å². The van der Waals surface area contributed by atoms with Crippen molar-refractivity contribution in [3.63, 3.8) is 0 Å². The molecule has 0 radical (unpaired) electrons. The standard InChI is InChI=1S/C8H10ClNOS/c1-5-6(9)3-8(12-5)7(11)4-10-2/h3,10H,4H2,1-2H3. The number of carbonyl (C=O) groups excluding carboxylic acids is 1. The predicted octanol–water partition coefficient (Wildman–Crippen LogP) is 2.11. The molecule has 4 heteroatoms. The van der Waals surface area contributed by atoms with E-state index in [0.717, 1.165) is 9.75 Å². The van der Waals surface area contributed by atoms with E-state index in [1.807, 2.05) is 6.92 Å². The summed E-state index contributed by atoms with van der Waals surface area (Å²) in [7, 11) is 1.75. The second-order valence-corrected chi connectivity index (χ2v) is 4.13. The van der Waals surface area contributed by atoms with Crippen LogP contribution in [0.5, 0.6) is 0 Å². The van der Waals surface area contributed by atoms with Crippen molar-refractivity contribution in [2.75, 3.05) is 13.6 Å². The number of ketones is 1. The minimum atomic E-state index is 0.0949. The first-order valence-electron chi connectivity index (χ1n) is 3.59. The quantitative estimate of drug-likeness (QED) is 0.763. The summed E-state index contributed by atoms with van der Waals surface area (Å²) in [5, 5.41) is 3.49. The lowest BCUT2D eigenvalue weighted by Gasteiger charge is -1.93. The zero-order valence-electron chi connectivity index (χ0n) is 6.98. The molecule has 0 aliphatic rings. The Hall–Kier alpha value is -0.380. The molecule has 0 unspecified atom stereocenters. The van der Waals surface area contributed by atoms with Crippen molar-refractivity contribution in [1.29, 1.82) is 0 Å². The molecule has 0 bridgehead atoms. The highest BCUT2D eigenvalue weighted by molar-refractivity contribution is 7.14. The molecule has 2 nitrogen and oxygen atoms in total. The van der Waals surface area contributed by atoms with Crippen LogP contribution in [-0.4, -0.2) is 19.4 Å². The third-order valence-corrected chi connectivity index (χ3v) is 3.07. The third-order valence-electron chi connectivity index (χ3n) is 1.47. The lowest BCUT2D eigenvalue weighted by molar-refractivity contribution is 0.0997. The average molecular weight is 204 g/mol. The van der Waals surface area contributed by atoms with E-state index in [0.29, 0.717) is 11.6 Å². The van der Waals surface area contributed by atoms with E-state index in [4.69, 9.17) is 11.6 Å². The molecule has 1 heterocycles. The highest BCUT2D eigenvalue weighted by atomic mass is 35.5. The van der Waals surface area contributed by atoms with Gasteiger partial charge in [0.15, 0.2) is 5.78 Å². The fourth-order valence-electron chi connectivity index (χ4n) is 0.845. The Kier molecular flexibility index (Phi) is 3.26. The number of likely N-dealkylation sites (N-methyl/N-ethyl adjacent to an activating group) is 1. The molecule has 12 heavy (non-hydrogen) atoms. The molecule has 0 aliphatic carbocycles. The van der Waals surface area contributed by atoms with Crippen molar-refractivity contribution >= 4 is 28.7 Å². The molecule has 0 atom stereocenters. The van der Waals surface area contributed by atoms with Gasteiger partial charge in [-0.2, -0.15) is 0 Å². The number of rotatable bonds is 3. The van der Waals surface area contributed by atoms with Crippen molar-refractivity contribution in [2.24, 2.45) is 0 Å². The van der Waals surface area contributed by atoms with Crippen molar-refractivity contribution in [3.05, 3.63) is 20.8 Å². The van der Waals surface area contributed by atoms with Gasteiger partial charge >= 0.3 is 0 Å². The molecule has 1 N–H and O–H groups in total. The Labute approximate surface area is 80.5 Å². The molecule has 0 spiro atoms. The highest BCUT2D eigenvalue weighted by Crippen LogP contribution is 2.25. The van der Waals surface area contributed by atoms with Crippen molar-refractivity contribution < 1.29 is 4.79 Å². The average Bonchev–Trinajstić information content (AvgIpc) is 2.33. The molecule has 0 fully saturated rings. The van der Waals surface area contributed by atoms with Gasteiger partial charge in [-0.1, -0.05) is 11.6 Å². The Morgan fingerprint density at radius 1 is 1.75 bits per heavy atom. The molecule has 1 aromatic rings. The molecule has 0 saturated carbocycles. The Balaban J connectivity index is 2.82. The smallest absolute Gasteiger partial charge is 0.186 e. The molecular weight excluding hydrogens is 194 g/mol. The first kappa shape index (κ1) is 9.71. The van der Waals surface area contributed by atoms with Gasteiger partial charge in [-0.25, -0.2) is 0 Å². The molecule has 0 amide bonds. The minimum absolute atomic E-state index is 0.0949. The first-order chi connectivity index (χ1) is 5.65. The van der Waals surface area contributed by atoms with Gasteiger partial charge in [-0.05, 0) is 20.0 Å². The number of Topliss-reactive ketones (excluding diaryl/α,β-unsaturated/α-hetero) is 1. The van der Waals surface area contributed by atoms with E-state index in [-0.39, 0.29) is 5.78 Å². The van der Waals surface area contributed by atoms with Crippen LogP contribution in [0.4, 0.5) is 0 Å². The van der Waals surface area contributed by atoms with Gasteiger partial charge in [0, 0.05) is 4.88 Å². The molecule has 66 valence electrons. The molecular formula is C8H10ClNOS. The maximum absolute atomic E-state index is 11.3. The SMILES string of the molecule is CNCC(=O)c1cc(Cl)c(C)s1. The lowest BCUT2D eigenvalue weighted by Crippen LogP contribution is -2.17. The first-order valence-corrected chi connectivity index (χ1v) is 4.78. The maximum atomic E-state index is 11.3. The predicted molar refractivity (Wildman–Crippen MR) is 52.3 cm³/mol. The summed E-state index contributed by atoms with van der Waals surface area (Å²) in [6.45, 7) is 2.28. The number of thiophene rings is 1. The summed E-state index contributed by atoms with van der Waals surface area (Å²) in [6, 6.07) is 1.72. The third kappa shape index (κ3) is 2.06. The molecule has 1 aromatic heterocycles. The number of hydrogen-bond acceptors (Lipinski definition) is 3. The summed E-state index contributed by atoms with van der Waals surface area (Å²) >= 11 is 7.25. The van der Waals surface area contributed by atoms with Crippen LogP contribution in [0, 0.1) is 6.92 Å². The van der Waals surface area contributed by atoms with Gasteiger partial charge in [-0.3, -0.25) is 4.79 Å². The summed E-state index contributed by atoms with van der Waals surface area (Å²) in [6.07, 6.45) is 0. The number of aryl methyl sites for hydroxylation is 1. The minimum Gasteiger partial charge on any atom is -0.313 e. The van der Waals surface area contributed by atoms with Gasteiger partial charge in [0.2, 0.25) is 0 Å². The van der Waals surface area contributed by atoms with E-state index in [9.17, 15) is 4.79 Å². The van der Waals surface area contributed by atoms with Crippen molar-refractivity contribution in [3.8, 4) is 0 Å². The highest BCUT2D eigenvalue weighted by Gasteiger charge is 2.09. The van der Waals surface area contributed by atoms with Gasteiger partial charge in [-0.15, -0.1) is 11.3 Å². The number of nitrogens with one attached hydrogen (secondary N) is 1. The van der Waals surface area contributed by atoms with Crippen LogP contribution in [0.3, 0.4) is 0 Å². The number of carbonyl (C=O) groups is 1. The Morgan fingerprint density at radius 2 is 2.42 bits per heavy atom. The van der Waals surface area contributed by atoms with Crippen LogP contribution in [0.25, 0.3) is 0 Å². The van der Waals surface area contributed by atoms with Crippen LogP contribution in [0.1, 0.15) is 14.5 Å². The Morgan fingerprint density at radius 3 is 2.83 bits per heavy atom. The summed E-state index contributed by atoms with van der Waals surface area (Å²) in [5.74, 6) is 0.0949. The molecule has 0 aromatic carbocycles. The van der Waals surface area contributed by atoms with Crippen LogP contribution < -0.4 is 5.32 Å². The van der Waals surface area contributed by atoms with E-state index in [2.05, 4.69) is 5.32 Å². The van der Waals surface area contributed by atoms with E-state index >= 15 is 0 Å². The van der Waals surface area contributed by atoms with E-state index in [1.54, 1.807) is 13.1 Å². The summed E-state index contributed by atoms with van der Waals surface area (Å²) < 4.78 is 0. The van der Waals surface area contributed by atoms with Gasteiger partial charge in [0.25, 0.3) is 0 Å². The van der Waals surface area contributed by atoms with Crippen molar-refractivity contribution in [2.45, 2.75) is 6.92 Å². The summed E-state index contributed by atoms with van der Waals surface area (Å²) in [5.41, 5.74) is 0. The Bertz CT molecular complexity index is 276. The van der Waals surface area contributed by atoms with Gasteiger partial charge < -0.3 is 5.32 Å². The van der Waals surface area contributed by atoms with Crippen LogP contribution in [-0.2, 0) is 0 Å². The van der Waals surface area contributed by atoms with Crippen LogP contribution in [0.15, 0.2) is 6.07 Å². The molecule has 0 aliphatic heterocycles. The summed E-state index contributed by atoms with van der Waals surface area (Å²) in [4.78, 5) is 13.0. The number of hydrogen-bond donors (Lipinski definition) is 1. The largest absolute Gasteiger partial charge is 0.313 e. The van der Waals surface area contributed by atoms with Crippen molar-refractivity contribution in [1.82, 2.24) is 5.32 Å². The van der Waals surface area contributed by atoms with Gasteiger partial charge in [0.05, 0.1) is 16.4 Å². The number of halogens is 1. The fraction of sp³-hybridized carbons (Fsp3) is 0.375. The zero-order chi connectivity index (χ0) is 9.14. The zero-order valence-corrected chi connectivity index (χ0v) is 8.55. The second kappa shape index (κ2) is 4.03. The second-order valence-electron chi connectivity index (χ2n) is 2.47. The maximum Gasteiger partial charge on any atom is 0.186 e. The molecule has 1 rings (SSSR count). The fourth-order valence-corrected chi connectivity index (χ4v) is 1.98. The van der Waals surface area contributed by atoms with Crippen LogP contribution >= 0.6 is 22.9 Å². The van der Waals surface area contributed by atoms with E-state index in [1.165, 1.54) is 11.3 Å². The van der Waals surface area contributed by atoms with Crippen LogP contribution in [0.2, 0.25) is 5.02 Å².